The standard InChI is InChI=1S/C16H14Cl2N6O2/c1-2-23-13(25)7-20-12-6-21-16(22-14(12)23)24(15(19)26)8-9-3-4-10(17)11(18)5-9/h3-7H,2,8H2,1H3,(H2,19,26). The molecule has 0 radical (unpaired) electrons. The normalized spacial score (nSPS) is 10.9. The van der Waals surface area contributed by atoms with Crippen molar-refractivity contribution in [2.24, 2.45) is 5.73 Å². The van der Waals surface area contributed by atoms with Crippen LogP contribution >= 0.6 is 23.2 Å². The highest BCUT2D eigenvalue weighted by molar-refractivity contribution is 6.42. The number of aryl methyl sites for hydroxylation is 1. The minimum absolute atomic E-state index is 0.0608. The Morgan fingerprint density at radius 2 is 2.00 bits per heavy atom. The fraction of sp³-hybridized carbons (Fsp3) is 0.188. The molecule has 2 N–H and O–H groups in total. The molecular formula is C16H14Cl2N6O2. The molecular weight excluding hydrogens is 379 g/mol. The van der Waals surface area contributed by atoms with E-state index in [9.17, 15) is 9.59 Å². The van der Waals surface area contributed by atoms with E-state index in [1.165, 1.54) is 21.9 Å². The molecule has 0 aliphatic carbocycles. The van der Waals surface area contributed by atoms with E-state index < -0.39 is 6.03 Å². The van der Waals surface area contributed by atoms with Crippen LogP contribution in [0.1, 0.15) is 12.5 Å². The van der Waals surface area contributed by atoms with Crippen molar-refractivity contribution in [1.29, 1.82) is 0 Å². The Bertz CT molecular complexity index is 1050. The second kappa shape index (κ2) is 7.27. The number of benzene rings is 1. The summed E-state index contributed by atoms with van der Waals surface area (Å²) in [6, 6.07) is 4.22. The summed E-state index contributed by atoms with van der Waals surface area (Å²) in [6.45, 7) is 2.30. The highest BCUT2D eigenvalue weighted by Crippen LogP contribution is 2.24. The van der Waals surface area contributed by atoms with Gasteiger partial charge in [0.05, 0.1) is 29.0 Å². The van der Waals surface area contributed by atoms with Crippen LogP contribution in [0.4, 0.5) is 10.7 Å². The number of anilines is 1. The van der Waals surface area contributed by atoms with Crippen molar-refractivity contribution >= 4 is 46.3 Å². The van der Waals surface area contributed by atoms with Crippen LogP contribution in [0.25, 0.3) is 11.2 Å². The van der Waals surface area contributed by atoms with Gasteiger partial charge < -0.3 is 5.73 Å². The number of hydrogen-bond donors (Lipinski definition) is 1. The number of fused-ring (bicyclic) bond motifs is 1. The second-order valence-corrected chi connectivity index (χ2v) is 6.21. The van der Waals surface area contributed by atoms with Gasteiger partial charge in [-0.1, -0.05) is 29.3 Å². The van der Waals surface area contributed by atoms with E-state index in [4.69, 9.17) is 28.9 Å². The van der Waals surface area contributed by atoms with Gasteiger partial charge in [0.15, 0.2) is 5.65 Å². The number of primary amides is 1. The molecule has 134 valence electrons. The van der Waals surface area contributed by atoms with Gasteiger partial charge in [0, 0.05) is 6.54 Å². The van der Waals surface area contributed by atoms with Crippen LogP contribution in [-0.4, -0.2) is 25.6 Å². The molecule has 0 bridgehead atoms. The fourth-order valence-electron chi connectivity index (χ4n) is 2.45. The van der Waals surface area contributed by atoms with E-state index in [-0.39, 0.29) is 18.1 Å². The van der Waals surface area contributed by atoms with Crippen molar-refractivity contribution in [3.05, 3.63) is 56.6 Å². The molecule has 0 aliphatic rings. The van der Waals surface area contributed by atoms with Crippen molar-refractivity contribution in [2.45, 2.75) is 20.0 Å². The van der Waals surface area contributed by atoms with Gasteiger partial charge in [0.1, 0.15) is 5.52 Å². The predicted octanol–water partition coefficient (Wildman–Crippen LogP) is 2.60. The van der Waals surface area contributed by atoms with Gasteiger partial charge in [-0.2, -0.15) is 4.98 Å². The number of carbonyl (C=O) groups is 1. The third-order valence-corrected chi connectivity index (χ3v) is 4.46. The van der Waals surface area contributed by atoms with Crippen LogP contribution in [0.15, 0.2) is 35.4 Å². The number of aromatic nitrogens is 4. The Morgan fingerprint density at radius 1 is 1.23 bits per heavy atom. The summed E-state index contributed by atoms with van der Waals surface area (Å²) in [5, 5.41) is 0.762. The zero-order valence-corrected chi connectivity index (χ0v) is 15.2. The average Bonchev–Trinajstić information content (AvgIpc) is 2.62. The number of amides is 2. The molecule has 0 saturated heterocycles. The molecule has 0 saturated carbocycles. The minimum Gasteiger partial charge on any atom is -0.351 e. The van der Waals surface area contributed by atoms with E-state index >= 15 is 0 Å². The zero-order chi connectivity index (χ0) is 18.8. The summed E-state index contributed by atoms with van der Waals surface area (Å²) in [4.78, 5) is 37.5. The van der Waals surface area contributed by atoms with Gasteiger partial charge in [0.25, 0.3) is 5.56 Å². The summed E-state index contributed by atoms with van der Waals surface area (Å²) < 4.78 is 1.44. The summed E-state index contributed by atoms with van der Waals surface area (Å²) in [6.07, 6.45) is 2.64. The molecule has 2 aromatic heterocycles. The number of halogens is 2. The van der Waals surface area contributed by atoms with Crippen molar-refractivity contribution in [1.82, 2.24) is 19.5 Å². The SMILES string of the molecule is CCn1c(=O)cnc2cnc(N(Cc3ccc(Cl)c(Cl)c3)C(N)=O)nc21. The molecule has 3 aromatic rings. The van der Waals surface area contributed by atoms with Crippen molar-refractivity contribution in [3.63, 3.8) is 0 Å². The van der Waals surface area contributed by atoms with E-state index in [0.29, 0.717) is 33.3 Å². The Morgan fingerprint density at radius 3 is 2.65 bits per heavy atom. The fourth-order valence-corrected chi connectivity index (χ4v) is 2.77. The highest BCUT2D eigenvalue weighted by atomic mass is 35.5. The molecule has 3 rings (SSSR count). The maximum Gasteiger partial charge on any atom is 0.321 e. The molecule has 10 heteroatoms. The Kier molecular flexibility index (Phi) is 5.06. The number of nitrogens with zero attached hydrogens (tertiary/aromatic N) is 5. The summed E-state index contributed by atoms with van der Waals surface area (Å²) in [7, 11) is 0. The maximum atomic E-state index is 11.9. The number of carbonyl (C=O) groups excluding carboxylic acids is 1. The molecule has 0 fully saturated rings. The van der Waals surface area contributed by atoms with Crippen LogP contribution in [-0.2, 0) is 13.1 Å². The first-order valence-electron chi connectivity index (χ1n) is 7.64. The minimum atomic E-state index is -0.746. The first-order chi connectivity index (χ1) is 12.4. The lowest BCUT2D eigenvalue weighted by molar-refractivity contribution is 0.253. The van der Waals surface area contributed by atoms with Crippen LogP contribution in [0.3, 0.4) is 0 Å². The van der Waals surface area contributed by atoms with Crippen molar-refractivity contribution in [3.8, 4) is 0 Å². The Hall–Kier alpha value is -2.71. The van der Waals surface area contributed by atoms with Crippen LogP contribution < -0.4 is 16.2 Å². The van der Waals surface area contributed by atoms with Crippen molar-refractivity contribution in [2.75, 3.05) is 4.90 Å². The van der Waals surface area contributed by atoms with Gasteiger partial charge in [-0.3, -0.25) is 14.3 Å². The van der Waals surface area contributed by atoms with E-state index in [2.05, 4.69) is 15.0 Å². The van der Waals surface area contributed by atoms with Gasteiger partial charge in [-0.15, -0.1) is 0 Å². The monoisotopic (exact) mass is 392 g/mol. The smallest absolute Gasteiger partial charge is 0.321 e. The molecule has 2 heterocycles. The zero-order valence-electron chi connectivity index (χ0n) is 13.7. The Balaban J connectivity index is 2.06. The predicted molar refractivity (Wildman–Crippen MR) is 99.5 cm³/mol. The second-order valence-electron chi connectivity index (χ2n) is 5.39. The third-order valence-electron chi connectivity index (χ3n) is 3.72. The number of hydrogen-bond acceptors (Lipinski definition) is 5. The molecule has 0 atom stereocenters. The molecule has 0 aliphatic heterocycles. The van der Waals surface area contributed by atoms with Crippen LogP contribution in [0.2, 0.25) is 10.0 Å². The summed E-state index contributed by atoms with van der Waals surface area (Å²) in [5.74, 6) is 0.0608. The van der Waals surface area contributed by atoms with Gasteiger partial charge >= 0.3 is 6.03 Å². The average molecular weight is 393 g/mol. The summed E-state index contributed by atoms with van der Waals surface area (Å²) >= 11 is 11.9. The lowest BCUT2D eigenvalue weighted by atomic mass is 10.2. The first-order valence-corrected chi connectivity index (χ1v) is 8.39. The third kappa shape index (κ3) is 3.47. The molecule has 8 nitrogen and oxygen atoms in total. The molecule has 0 unspecified atom stereocenters. The molecule has 0 spiro atoms. The topological polar surface area (TPSA) is 107 Å². The van der Waals surface area contributed by atoms with E-state index in [1.54, 1.807) is 18.2 Å². The molecule has 1 aromatic carbocycles. The quantitative estimate of drug-likeness (QED) is 0.733. The molecule has 26 heavy (non-hydrogen) atoms. The lowest BCUT2D eigenvalue weighted by Gasteiger charge is -2.19. The van der Waals surface area contributed by atoms with Gasteiger partial charge in [-0.05, 0) is 24.6 Å². The number of nitrogens with two attached hydrogens (primary N) is 1. The number of rotatable bonds is 4. The Labute approximate surface area is 158 Å². The van der Waals surface area contributed by atoms with E-state index in [0.717, 1.165) is 0 Å². The maximum absolute atomic E-state index is 11.9. The van der Waals surface area contributed by atoms with Gasteiger partial charge in [0.2, 0.25) is 5.95 Å². The lowest BCUT2D eigenvalue weighted by Crippen LogP contribution is -2.36. The summed E-state index contributed by atoms with van der Waals surface area (Å²) in [5.41, 5.74) is 6.66. The first kappa shape index (κ1) is 18.1. The highest BCUT2D eigenvalue weighted by Gasteiger charge is 2.18. The molecule has 2 amide bonds. The van der Waals surface area contributed by atoms with Crippen LogP contribution in [0, 0.1) is 0 Å². The van der Waals surface area contributed by atoms with Crippen LogP contribution in [0.5, 0.6) is 0 Å². The largest absolute Gasteiger partial charge is 0.351 e. The van der Waals surface area contributed by atoms with Gasteiger partial charge in [-0.25, -0.2) is 14.8 Å². The number of urea groups is 1. The van der Waals surface area contributed by atoms with E-state index in [1.807, 2.05) is 6.92 Å². The van der Waals surface area contributed by atoms with Crippen molar-refractivity contribution < 1.29 is 4.79 Å².